The lowest BCUT2D eigenvalue weighted by Crippen LogP contribution is -2.53. The summed E-state index contributed by atoms with van der Waals surface area (Å²) in [6, 6.07) is 0. The Morgan fingerprint density at radius 1 is 0.607 bits per heavy atom. The molecule has 0 radical (unpaired) electrons. The number of oxime groups is 2. The first-order chi connectivity index (χ1) is 29.4. The summed E-state index contributed by atoms with van der Waals surface area (Å²) < 4.78 is 3.83. The molecule has 6 saturated carbocycles. The third kappa shape index (κ3) is 6.80. The highest BCUT2D eigenvalue weighted by molar-refractivity contribution is 5.96. The lowest BCUT2D eigenvalue weighted by atomic mass is 9.46. The topological polar surface area (TPSA) is 167 Å². The maximum atomic E-state index is 12.0. The second-order valence-electron chi connectivity index (χ2n) is 21.7. The third-order valence-corrected chi connectivity index (χ3v) is 19.3. The van der Waals surface area contributed by atoms with Crippen LogP contribution in [0.15, 0.2) is 46.0 Å². The number of unbranched alkanes of at least 4 members (excludes halogenated alkanes) is 2. The summed E-state index contributed by atoms with van der Waals surface area (Å²) in [5, 5.41) is 67.1. The van der Waals surface area contributed by atoms with Crippen molar-refractivity contribution in [2.75, 3.05) is 0 Å². The minimum atomic E-state index is -0.868. The van der Waals surface area contributed by atoms with Gasteiger partial charge in [-0.2, -0.15) is 0 Å². The normalized spacial score (nSPS) is 42.6. The Balaban J connectivity index is 0.000000156. The van der Waals surface area contributed by atoms with Gasteiger partial charge in [0.1, 0.15) is 22.6 Å². The summed E-state index contributed by atoms with van der Waals surface area (Å²) in [5.41, 5.74) is 4.50. The predicted octanol–water partition coefficient (Wildman–Crippen LogP) is 9.73. The average molecular weight is 839 g/mol. The summed E-state index contributed by atoms with van der Waals surface area (Å²) in [5.74, 6) is 4.43. The van der Waals surface area contributed by atoms with Gasteiger partial charge >= 0.3 is 0 Å². The van der Waals surface area contributed by atoms with Crippen molar-refractivity contribution in [2.24, 2.45) is 68.0 Å². The van der Waals surface area contributed by atoms with Crippen molar-refractivity contribution in [2.45, 2.75) is 187 Å². The summed E-state index contributed by atoms with van der Waals surface area (Å²) in [7, 11) is 0. The molecule has 4 N–H and O–H groups in total. The molecule has 8 aliphatic rings. The zero-order valence-electron chi connectivity index (χ0n) is 37.8. The van der Waals surface area contributed by atoms with E-state index < -0.39 is 11.2 Å². The molecule has 0 amide bonds. The van der Waals surface area contributed by atoms with Crippen LogP contribution in [-0.4, -0.2) is 62.0 Å². The van der Waals surface area contributed by atoms with E-state index >= 15 is 0 Å². The highest BCUT2D eigenvalue weighted by Gasteiger charge is 2.66. The van der Waals surface area contributed by atoms with Crippen LogP contribution in [0.2, 0.25) is 0 Å². The Morgan fingerprint density at radius 3 is 1.77 bits per heavy atom. The molecule has 2 heterocycles. The van der Waals surface area contributed by atoms with Crippen LogP contribution in [0, 0.1) is 57.7 Å². The lowest BCUT2D eigenvalue weighted by Gasteiger charge is -2.59. The van der Waals surface area contributed by atoms with Gasteiger partial charge in [-0.05, 0) is 175 Å². The van der Waals surface area contributed by atoms with Gasteiger partial charge in [0.25, 0.3) is 0 Å². The predicted molar refractivity (Wildman–Crippen MR) is 235 cm³/mol. The van der Waals surface area contributed by atoms with E-state index in [0.29, 0.717) is 41.4 Å². The molecule has 12 heteroatoms. The van der Waals surface area contributed by atoms with Crippen molar-refractivity contribution in [3.05, 3.63) is 47.1 Å². The molecular weight excluding hydrogens is 765 g/mol. The molecule has 12 nitrogen and oxygen atoms in total. The van der Waals surface area contributed by atoms with Crippen molar-refractivity contribution in [1.82, 2.24) is 30.0 Å². The zero-order chi connectivity index (χ0) is 42.8. The van der Waals surface area contributed by atoms with E-state index in [1.165, 1.54) is 30.4 Å². The van der Waals surface area contributed by atoms with E-state index in [-0.39, 0.29) is 16.2 Å². The van der Waals surface area contributed by atoms with Gasteiger partial charge in [0, 0.05) is 23.9 Å². The SMILES string of the molecule is CCCCn1cc([C@]2(O)CCC3C4CCC5=C/C(=N\O)CC[C@@H]5C4CC[C@@]32C)nn1.CCCCn1cc([C@]2(O)CCC3C4CCC5=C/C(=N\O)CC[C@]5(C)C4CC[C@@]32C)nn1. The number of hydrogen-bond acceptors (Lipinski definition) is 10. The van der Waals surface area contributed by atoms with Crippen LogP contribution in [0.5, 0.6) is 0 Å². The smallest absolute Gasteiger partial charge is 0.116 e. The molecule has 0 aliphatic heterocycles. The first-order valence-electron chi connectivity index (χ1n) is 24.4. The maximum absolute atomic E-state index is 12.0. The molecule has 0 spiro atoms. The molecule has 61 heavy (non-hydrogen) atoms. The number of rotatable bonds is 8. The van der Waals surface area contributed by atoms with Crippen LogP contribution in [0.1, 0.15) is 174 Å². The molecule has 12 atom stereocenters. The van der Waals surface area contributed by atoms with E-state index in [9.17, 15) is 20.6 Å². The van der Waals surface area contributed by atoms with Gasteiger partial charge in [0.05, 0.1) is 23.8 Å². The van der Waals surface area contributed by atoms with Gasteiger partial charge in [0.2, 0.25) is 0 Å². The second-order valence-corrected chi connectivity index (χ2v) is 21.7. The van der Waals surface area contributed by atoms with Crippen molar-refractivity contribution in [3.63, 3.8) is 0 Å². The van der Waals surface area contributed by atoms with E-state index in [0.717, 1.165) is 145 Å². The molecular formula is C49H74N8O4. The van der Waals surface area contributed by atoms with E-state index in [2.05, 4.69) is 77.7 Å². The van der Waals surface area contributed by atoms with Crippen LogP contribution < -0.4 is 0 Å². The first kappa shape index (κ1) is 42.9. The molecule has 0 aromatic carbocycles. The molecule has 6 unspecified atom stereocenters. The Labute approximate surface area is 363 Å². The lowest BCUT2D eigenvalue weighted by molar-refractivity contribution is -0.133. The zero-order valence-corrected chi connectivity index (χ0v) is 37.8. The molecule has 6 fully saturated rings. The van der Waals surface area contributed by atoms with Gasteiger partial charge in [0.15, 0.2) is 0 Å². The molecule has 334 valence electrons. The van der Waals surface area contributed by atoms with E-state index in [4.69, 9.17) is 0 Å². The highest BCUT2D eigenvalue weighted by atomic mass is 16.4. The van der Waals surface area contributed by atoms with Crippen LogP contribution in [0.4, 0.5) is 0 Å². The van der Waals surface area contributed by atoms with Crippen LogP contribution >= 0.6 is 0 Å². The summed E-state index contributed by atoms with van der Waals surface area (Å²) in [4.78, 5) is 0. The second kappa shape index (κ2) is 16.3. The molecule has 0 saturated heterocycles. The van der Waals surface area contributed by atoms with Crippen LogP contribution in [-0.2, 0) is 24.3 Å². The van der Waals surface area contributed by atoms with Crippen molar-refractivity contribution in [1.29, 1.82) is 0 Å². The van der Waals surface area contributed by atoms with Gasteiger partial charge < -0.3 is 20.6 Å². The van der Waals surface area contributed by atoms with Crippen molar-refractivity contribution < 1.29 is 20.6 Å². The fourth-order valence-electron chi connectivity index (χ4n) is 15.6. The van der Waals surface area contributed by atoms with Gasteiger partial charge in [-0.25, -0.2) is 0 Å². The molecule has 10 rings (SSSR count). The minimum absolute atomic E-state index is 0.118. The fourth-order valence-corrected chi connectivity index (χ4v) is 15.6. The third-order valence-electron chi connectivity index (χ3n) is 19.3. The summed E-state index contributed by atoms with van der Waals surface area (Å²) in [6.45, 7) is 13.2. The Kier molecular flexibility index (Phi) is 11.5. The Morgan fingerprint density at radius 2 is 1.16 bits per heavy atom. The van der Waals surface area contributed by atoms with Crippen molar-refractivity contribution >= 4 is 11.4 Å². The van der Waals surface area contributed by atoms with E-state index in [1.807, 2.05) is 21.8 Å². The summed E-state index contributed by atoms with van der Waals surface area (Å²) in [6.07, 6.45) is 29.5. The number of aryl methyl sites for hydroxylation is 2. The quantitative estimate of drug-likeness (QED) is 0.151. The van der Waals surface area contributed by atoms with Crippen molar-refractivity contribution in [3.8, 4) is 0 Å². The average Bonchev–Trinajstić information content (AvgIpc) is 4.07. The Hall–Kier alpha value is -3.38. The highest BCUT2D eigenvalue weighted by Crippen LogP contribution is 2.70. The number of fused-ring (bicyclic) bond motifs is 10. The standard InChI is InChI=1S/C25H38N4O2.C24H36N4O2/c1-4-5-14-29-16-22(26-28-29)25(30)13-10-21-19-7-6-17-15-18(27-31)8-11-23(17,2)20(19)9-12-24(21,25)3;1-3-4-13-28-15-22(25-27-28)24(29)12-10-21-20-7-5-16-14-17(26-30)6-8-18(16)19(20)9-11-23(21,24)2/h15-16,19-21,30-31H,4-14H2,1-3H3;14-15,18-21,29-30H,3-13H2,1-2H3/b27-18-;26-17-/t19?,20?,21?,23-,24-,25+;18-,19?,20?,21?,23-,24+/m00/s1. The van der Waals surface area contributed by atoms with Crippen LogP contribution in [0.25, 0.3) is 0 Å². The number of hydrogen-bond donors (Lipinski definition) is 4. The van der Waals surface area contributed by atoms with E-state index in [1.54, 1.807) is 0 Å². The first-order valence-corrected chi connectivity index (χ1v) is 24.4. The largest absolute Gasteiger partial charge is 0.411 e. The fraction of sp³-hybridized carbons (Fsp3) is 0.796. The number of aliphatic hydroxyl groups is 2. The molecule has 2 aromatic heterocycles. The van der Waals surface area contributed by atoms with Crippen LogP contribution in [0.3, 0.4) is 0 Å². The van der Waals surface area contributed by atoms with Gasteiger partial charge in [-0.1, -0.05) is 79.3 Å². The summed E-state index contributed by atoms with van der Waals surface area (Å²) >= 11 is 0. The monoisotopic (exact) mass is 839 g/mol. The molecule has 8 aliphatic carbocycles. The maximum Gasteiger partial charge on any atom is 0.116 e. The number of aromatic nitrogens is 6. The molecule has 2 aromatic rings. The molecule has 0 bridgehead atoms. The number of allylic oxidation sites excluding steroid dienone is 4. The van der Waals surface area contributed by atoms with Gasteiger partial charge in [-0.15, -0.1) is 10.2 Å². The number of nitrogens with zero attached hydrogens (tertiary/aromatic N) is 8. The van der Waals surface area contributed by atoms with Gasteiger partial charge in [-0.3, -0.25) is 9.36 Å². The Bertz CT molecular complexity index is 2050. The minimum Gasteiger partial charge on any atom is -0.411 e.